The molecule has 4 heteroatoms. The molecular weight excluding hydrogens is 192 g/mol. The molecule has 0 aromatic heterocycles. The van der Waals surface area contributed by atoms with Crippen LogP contribution in [0.1, 0.15) is 13.3 Å². The van der Waals surface area contributed by atoms with E-state index < -0.39 is 5.97 Å². The fourth-order valence-corrected chi connectivity index (χ4v) is 1.80. The minimum atomic E-state index is -0.727. The Labute approximate surface area is 91.2 Å². The monoisotopic (exact) mass is 212 g/mol. The number of hydrogen-bond acceptors (Lipinski definition) is 3. The normalized spacial score (nSPS) is 21.1. The van der Waals surface area contributed by atoms with Gasteiger partial charge in [-0.25, -0.2) is 0 Å². The van der Waals surface area contributed by atoms with Gasteiger partial charge in [-0.15, -0.1) is 6.58 Å². The zero-order chi connectivity index (χ0) is 11.3. The van der Waals surface area contributed by atoms with Crippen LogP contribution in [0.15, 0.2) is 12.7 Å². The average molecular weight is 212 g/mol. The summed E-state index contributed by atoms with van der Waals surface area (Å²) in [5, 5.41) is 8.87. The lowest BCUT2D eigenvalue weighted by Crippen LogP contribution is -2.51. The van der Waals surface area contributed by atoms with Crippen molar-refractivity contribution < 1.29 is 9.90 Å². The minimum absolute atomic E-state index is 0.355. The Kier molecular flexibility index (Phi) is 4.78. The van der Waals surface area contributed by atoms with Gasteiger partial charge in [0, 0.05) is 32.7 Å². The SMILES string of the molecule is C=CCCN1CCN(C(C)C(=O)O)CC1. The highest BCUT2D eigenvalue weighted by atomic mass is 16.4. The number of piperazine rings is 1. The molecule has 86 valence electrons. The van der Waals surface area contributed by atoms with Crippen LogP contribution in [0, 0.1) is 0 Å². The molecule has 0 spiro atoms. The summed E-state index contributed by atoms with van der Waals surface area (Å²) in [7, 11) is 0. The maximum absolute atomic E-state index is 10.8. The number of nitrogens with zero attached hydrogens (tertiary/aromatic N) is 2. The highest BCUT2D eigenvalue weighted by Gasteiger charge is 2.24. The van der Waals surface area contributed by atoms with Crippen LogP contribution in [-0.2, 0) is 4.79 Å². The summed E-state index contributed by atoms with van der Waals surface area (Å²) in [4.78, 5) is 15.2. The van der Waals surface area contributed by atoms with Crippen molar-refractivity contribution in [2.75, 3.05) is 32.7 Å². The van der Waals surface area contributed by atoms with Crippen LogP contribution < -0.4 is 0 Å². The first-order valence-electron chi connectivity index (χ1n) is 5.45. The third-order valence-corrected chi connectivity index (χ3v) is 2.96. The summed E-state index contributed by atoms with van der Waals surface area (Å²) in [6, 6.07) is -0.355. The van der Waals surface area contributed by atoms with Crippen molar-refractivity contribution in [2.45, 2.75) is 19.4 Å². The smallest absolute Gasteiger partial charge is 0.320 e. The van der Waals surface area contributed by atoms with Crippen LogP contribution >= 0.6 is 0 Å². The molecule has 15 heavy (non-hydrogen) atoms. The van der Waals surface area contributed by atoms with Crippen LogP contribution in [0.3, 0.4) is 0 Å². The zero-order valence-electron chi connectivity index (χ0n) is 9.35. The average Bonchev–Trinajstić information content (AvgIpc) is 2.26. The van der Waals surface area contributed by atoms with E-state index in [0.717, 1.165) is 39.1 Å². The Morgan fingerprint density at radius 3 is 2.53 bits per heavy atom. The zero-order valence-corrected chi connectivity index (χ0v) is 9.35. The molecule has 0 aromatic rings. The molecule has 1 aliphatic heterocycles. The molecule has 1 aliphatic rings. The van der Waals surface area contributed by atoms with Gasteiger partial charge in [0.05, 0.1) is 0 Å². The maximum atomic E-state index is 10.8. The lowest BCUT2D eigenvalue weighted by Gasteiger charge is -2.36. The molecule has 0 aromatic carbocycles. The lowest BCUT2D eigenvalue weighted by molar-refractivity contribution is -0.143. The highest BCUT2D eigenvalue weighted by molar-refractivity contribution is 5.72. The lowest BCUT2D eigenvalue weighted by atomic mass is 10.2. The van der Waals surface area contributed by atoms with E-state index in [4.69, 9.17) is 5.11 Å². The van der Waals surface area contributed by atoms with Gasteiger partial charge in [-0.05, 0) is 13.3 Å². The van der Waals surface area contributed by atoms with E-state index in [-0.39, 0.29) is 6.04 Å². The first-order valence-corrected chi connectivity index (χ1v) is 5.45. The minimum Gasteiger partial charge on any atom is -0.480 e. The molecule has 0 saturated carbocycles. The Balaban J connectivity index is 2.29. The van der Waals surface area contributed by atoms with Crippen molar-refractivity contribution >= 4 is 5.97 Å². The number of aliphatic carboxylic acids is 1. The third-order valence-electron chi connectivity index (χ3n) is 2.96. The predicted molar refractivity (Wildman–Crippen MR) is 59.9 cm³/mol. The maximum Gasteiger partial charge on any atom is 0.320 e. The molecule has 1 unspecified atom stereocenters. The van der Waals surface area contributed by atoms with E-state index in [1.807, 2.05) is 11.0 Å². The van der Waals surface area contributed by atoms with Gasteiger partial charge in [0.1, 0.15) is 6.04 Å². The van der Waals surface area contributed by atoms with Crippen molar-refractivity contribution in [3.8, 4) is 0 Å². The summed E-state index contributed by atoms with van der Waals surface area (Å²) in [6.07, 6.45) is 2.93. The number of carbonyl (C=O) groups is 1. The van der Waals surface area contributed by atoms with E-state index >= 15 is 0 Å². The van der Waals surface area contributed by atoms with E-state index in [2.05, 4.69) is 11.5 Å². The topological polar surface area (TPSA) is 43.8 Å². The highest BCUT2D eigenvalue weighted by Crippen LogP contribution is 2.06. The Morgan fingerprint density at radius 2 is 2.07 bits per heavy atom. The second-order valence-electron chi connectivity index (χ2n) is 3.97. The fraction of sp³-hybridized carbons (Fsp3) is 0.727. The molecule has 1 saturated heterocycles. The number of carboxylic acid groups (broad SMARTS) is 1. The quantitative estimate of drug-likeness (QED) is 0.680. The molecule has 1 atom stereocenters. The van der Waals surface area contributed by atoms with Crippen LogP contribution in [0.4, 0.5) is 0 Å². The Hall–Kier alpha value is -0.870. The molecule has 0 radical (unpaired) electrons. The van der Waals surface area contributed by atoms with Gasteiger partial charge in [0.15, 0.2) is 0 Å². The van der Waals surface area contributed by atoms with Crippen molar-refractivity contribution in [3.63, 3.8) is 0 Å². The summed E-state index contributed by atoms with van der Waals surface area (Å²) in [5.74, 6) is -0.727. The van der Waals surface area contributed by atoms with Crippen molar-refractivity contribution in [1.29, 1.82) is 0 Å². The number of carboxylic acids is 1. The second-order valence-corrected chi connectivity index (χ2v) is 3.97. The molecule has 1 N–H and O–H groups in total. The largest absolute Gasteiger partial charge is 0.480 e. The third kappa shape index (κ3) is 3.64. The molecule has 1 heterocycles. The second kappa shape index (κ2) is 5.88. The van der Waals surface area contributed by atoms with E-state index in [0.29, 0.717) is 0 Å². The molecule has 1 fully saturated rings. The Morgan fingerprint density at radius 1 is 1.47 bits per heavy atom. The number of rotatable bonds is 5. The molecule has 1 rings (SSSR count). The summed E-state index contributed by atoms with van der Waals surface area (Å²) < 4.78 is 0. The fourth-order valence-electron chi connectivity index (χ4n) is 1.80. The molecule has 0 bridgehead atoms. The number of hydrogen-bond donors (Lipinski definition) is 1. The van der Waals surface area contributed by atoms with Gasteiger partial charge in [-0.2, -0.15) is 0 Å². The molecule has 0 amide bonds. The van der Waals surface area contributed by atoms with Crippen LogP contribution in [0.25, 0.3) is 0 Å². The van der Waals surface area contributed by atoms with E-state index in [9.17, 15) is 4.79 Å². The predicted octanol–water partition coefficient (Wildman–Crippen LogP) is 0.653. The Bertz CT molecular complexity index is 223. The van der Waals surface area contributed by atoms with Gasteiger partial charge in [0.2, 0.25) is 0 Å². The van der Waals surface area contributed by atoms with Crippen LogP contribution in [-0.4, -0.2) is 59.6 Å². The van der Waals surface area contributed by atoms with Crippen molar-refractivity contribution in [2.24, 2.45) is 0 Å². The first-order chi connectivity index (χ1) is 7.15. The summed E-state index contributed by atoms with van der Waals surface area (Å²) >= 11 is 0. The van der Waals surface area contributed by atoms with Crippen LogP contribution in [0.5, 0.6) is 0 Å². The van der Waals surface area contributed by atoms with Gasteiger partial charge in [0.25, 0.3) is 0 Å². The van der Waals surface area contributed by atoms with Gasteiger partial charge >= 0.3 is 5.97 Å². The van der Waals surface area contributed by atoms with E-state index in [1.54, 1.807) is 6.92 Å². The molecule has 0 aliphatic carbocycles. The standard InChI is InChI=1S/C11H20N2O2/c1-3-4-5-12-6-8-13(9-7-12)10(2)11(14)15/h3,10H,1,4-9H2,2H3,(H,14,15). The first kappa shape index (κ1) is 12.2. The van der Waals surface area contributed by atoms with Gasteiger partial charge < -0.3 is 10.0 Å². The molecular formula is C11H20N2O2. The van der Waals surface area contributed by atoms with Gasteiger partial charge in [-0.3, -0.25) is 9.69 Å². The summed E-state index contributed by atoms with van der Waals surface area (Å²) in [5.41, 5.74) is 0. The van der Waals surface area contributed by atoms with Crippen LogP contribution in [0.2, 0.25) is 0 Å². The van der Waals surface area contributed by atoms with Gasteiger partial charge in [-0.1, -0.05) is 6.08 Å². The van der Waals surface area contributed by atoms with E-state index in [1.165, 1.54) is 0 Å². The van der Waals surface area contributed by atoms with Crippen molar-refractivity contribution in [3.05, 3.63) is 12.7 Å². The van der Waals surface area contributed by atoms with Crippen molar-refractivity contribution in [1.82, 2.24) is 9.80 Å². The molecule has 4 nitrogen and oxygen atoms in total. The summed E-state index contributed by atoms with van der Waals surface area (Å²) in [6.45, 7) is 10.1.